The summed E-state index contributed by atoms with van der Waals surface area (Å²) >= 11 is 0. The molecule has 0 radical (unpaired) electrons. The zero-order valence-corrected chi connectivity index (χ0v) is 15.0. The zero-order valence-electron chi connectivity index (χ0n) is 14.2. The van der Waals surface area contributed by atoms with Crippen molar-refractivity contribution in [2.75, 3.05) is 0 Å². The van der Waals surface area contributed by atoms with Gasteiger partial charge in [-0.1, -0.05) is 53.6 Å². The highest BCUT2D eigenvalue weighted by Crippen LogP contribution is 2.69. The van der Waals surface area contributed by atoms with E-state index in [1.165, 1.54) is 0 Å². The van der Waals surface area contributed by atoms with Gasteiger partial charge in [0, 0.05) is 14.7 Å². The van der Waals surface area contributed by atoms with Gasteiger partial charge in [0.1, 0.15) is 0 Å². The van der Waals surface area contributed by atoms with Crippen molar-refractivity contribution < 1.29 is 14.1 Å². The fourth-order valence-corrected chi connectivity index (χ4v) is 5.63. The molecule has 0 atom stereocenters. The summed E-state index contributed by atoms with van der Waals surface area (Å²) < 4.78 is 5.68. The summed E-state index contributed by atoms with van der Waals surface area (Å²) in [6.45, 7) is 4.01. The van der Waals surface area contributed by atoms with Crippen LogP contribution in [0.5, 0.6) is 0 Å². The van der Waals surface area contributed by atoms with E-state index in [0.29, 0.717) is 0 Å². The molecule has 25 heavy (non-hydrogen) atoms. The molecular formula is C21H20O3S. The molecule has 1 N–H and O–H groups in total. The summed E-state index contributed by atoms with van der Waals surface area (Å²) in [7, 11) is -2.36. The number of aryl methyl sites for hydroxylation is 2. The molecule has 4 heteroatoms. The molecule has 3 aromatic rings. The molecule has 3 nitrogen and oxygen atoms in total. The van der Waals surface area contributed by atoms with Crippen LogP contribution in [0.25, 0.3) is 0 Å². The van der Waals surface area contributed by atoms with Crippen LogP contribution >= 0.6 is 10.3 Å². The van der Waals surface area contributed by atoms with E-state index in [2.05, 4.69) is 0 Å². The molecule has 0 fully saturated rings. The molecule has 0 aliphatic carbocycles. The first-order chi connectivity index (χ1) is 12.0. The molecule has 128 valence electrons. The quantitative estimate of drug-likeness (QED) is 0.608. The topological polar surface area (TPSA) is 46.5 Å². The third-order valence-electron chi connectivity index (χ3n) is 3.98. The van der Waals surface area contributed by atoms with Gasteiger partial charge in [-0.05, 0) is 60.6 Å². The SMILES string of the molecule is Cc1ccc(S(OC(=O)O)(c2ccccc2)c2ccc(C)cc2)cc1. The van der Waals surface area contributed by atoms with Crippen molar-refractivity contribution in [3.8, 4) is 0 Å². The van der Waals surface area contributed by atoms with Gasteiger partial charge < -0.3 is 9.29 Å². The lowest BCUT2D eigenvalue weighted by Crippen LogP contribution is -2.12. The standard InChI is InChI=1S/C21H20O3S/c1-16-8-12-19(13-9-16)25(24-21(22)23,18-6-4-3-5-7-18)20-14-10-17(2)11-15-20/h3-15H,1-2H3,(H,22,23). The highest BCUT2D eigenvalue weighted by Gasteiger charge is 2.35. The van der Waals surface area contributed by atoms with Crippen molar-refractivity contribution in [3.05, 3.63) is 90.0 Å². The van der Waals surface area contributed by atoms with Crippen LogP contribution < -0.4 is 0 Å². The van der Waals surface area contributed by atoms with E-state index in [9.17, 15) is 9.90 Å². The number of hydrogen-bond acceptors (Lipinski definition) is 2. The number of carbonyl (C=O) groups is 1. The molecule has 3 aromatic carbocycles. The first-order valence-electron chi connectivity index (χ1n) is 7.96. The molecule has 0 aliphatic rings. The molecule has 0 heterocycles. The van der Waals surface area contributed by atoms with Gasteiger partial charge in [-0.25, -0.2) is 4.79 Å². The summed E-state index contributed by atoms with van der Waals surface area (Å²) in [6.07, 6.45) is -1.28. The first-order valence-corrected chi connectivity index (χ1v) is 9.52. The van der Waals surface area contributed by atoms with Gasteiger partial charge in [0.2, 0.25) is 0 Å². The number of hydrogen-bond donors (Lipinski definition) is 1. The first kappa shape index (κ1) is 17.1. The molecule has 0 unspecified atom stereocenters. The van der Waals surface area contributed by atoms with Crippen LogP contribution in [-0.2, 0) is 4.18 Å². The van der Waals surface area contributed by atoms with E-state index in [1.54, 1.807) is 0 Å². The Morgan fingerprint density at radius 1 is 0.720 bits per heavy atom. The maximum absolute atomic E-state index is 11.7. The fraction of sp³-hybridized carbons (Fsp3) is 0.0952. The second kappa shape index (κ2) is 7.03. The van der Waals surface area contributed by atoms with Gasteiger partial charge in [-0.15, -0.1) is 0 Å². The second-order valence-corrected chi connectivity index (χ2v) is 8.54. The third kappa shape index (κ3) is 3.39. The van der Waals surface area contributed by atoms with Crippen LogP contribution in [0.15, 0.2) is 93.5 Å². The van der Waals surface area contributed by atoms with Crippen molar-refractivity contribution in [2.45, 2.75) is 28.5 Å². The van der Waals surface area contributed by atoms with Crippen LogP contribution in [0.4, 0.5) is 4.79 Å². The molecule has 0 aromatic heterocycles. The minimum absolute atomic E-state index is 0.852. The summed E-state index contributed by atoms with van der Waals surface area (Å²) in [5.41, 5.74) is 2.23. The molecule has 3 rings (SSSR count). The van der Waals surface area contributed by atoms with Gasteiger partial charge >= 0.3 is 6.16 Å². The number of benzene rings is 3. The lowest BCUT2D eigenvalue weighted by Gasteiger charge is -2.38. The van der Waals surface area contributed by atoms with Gasteiger partial charge in [0.25, 0.3) is 0 Å². The molecule has 0 saturated heterocycles. The maximum Gasteiger partial charge on any atom is 0.517 e. The molecule has 0 spiro atoms. The Balaban J connectivity index is 2.32. The summed E-state index contributed by atoms with van der Waals surface area (Å²) in [5, 5.41) is 9.54. The van der Waals surface area contributed by atoms with Crippen LogP contribution in [0, 0.1) is 13.8 Å². The van der Waals surface area contributed by atoms with E-state index in [-0.39, 0.29) is 0 Å². The van der Waals surface area contributed by atoms with Crippen molar-refractivity contribution in [3.63, 3.8) is 0 Å². The molecule has 0 aliphatic heterocycles. The predicted octanol–water partition coefficient (Wildman–Crippen LogP) is 6.19. The lowest BCUT2D eigenvalue weighted by atomic mass is 10.2. The van der Waals surface area contributed by atoms with Crippen molar-refractivity contribution >= 4 is 16.5 Å². The highest BCUT2D eigenvalue weighted by atomic mass is 32.3. The molecule has 0 bridgehead atoms. The summed E-state index contributed by atoms with van der Waals surface area (Å²) in [4.78, 5) is 14.2. The van der Waals surface area contributed by atoms with Crippen molar-refractivity contribution in [1.29, 1.82) is 0 Å². The van der Waals surface area contributed by atoms with Crippen LogP contribution in [0.2, 0.25) is 0 Å². The Labute approximate surface area is 149 Å². The molecule has 0 amide bonds. The van der Waals surface area contributed by atoms with Gasteiger partial charge in [0.15, 0.2) is 0 Å². The minimum atomic E-state index is -2.36. The van der Waals surface area contributed by atoms with Gasteiger partial charge in [-0.3, -0.25) is 0 Å². The lowest BCUT2D eigenvalue weighted by molar-refractivity contribution is 0.150. The van der Waals surface area contributed by atoms with Crippen molar-refractivity contribution in [2.24, 2.45) is 0 Å². The van der Waals surface area contributed by atoms with Crippen molar-refractivity contribution in [1.82, 2.24) is 0 Å². The predicted molar refractivity (Wildman–Crippen MR) is 100 cm³/mol. The van der Waals surface area contributed by atoms with Crippen LogP contribution in [0.3, 0.4) is 0 Å². The average molecular weight is 352 g/mol. The van der Waals surface area contributed by atoms with Gasteiger partial charge in [-0.2, -0.15) is 0 Å². The average Bonchev–Trinajstić information content (AvgIpc) is 2.62. The minimum Gasteiger partial charge on any atom is -0.449 e. The van der Waals surface area contributed by atoms with Crippen LogP contribution in [0.1, 0.15) is 11.1 Å². The van der Waals surface area contributed by atoms with E-state index in [4.69, 9.17) is 4.18 Å². The second-order valence-electron chi connectivity index (χ2n) is 5.84. The largest absolute Gasteiger partial charge is 0.517 e. The number of rotatable bonds is 4. The molecular weight excluding hydrogens is 332 g/mol. The zero-order chi connectivity index (χ0) is 17.9. The Hall–Kier alpha value is -2.72. The Kier molecular flexibility index (Phi) is 4.81. The normalized spacial score (nSPS) is 11.8. The Bertz CT molecular complexity index is 810. The van der Waals surface area contributed by atoms with E-state index >= 15 is 0 Å². The third-order valence-corrected chi connectivity index (χ3v) is 7.18. The van der Waals surface area contributed by atoms with E-state index in [0.717, 1.165) is 25.8 Å². The Morgan fingerprint density at radius 3 is 1.52 bits per heavy atom. The van der Waals surface area contributed by atoms with Gasteiger partial charge in [0.05, 0.1) is 0 Å². The summed E-state index contributed by atoms with van der Waals surface area (Å²) in [6, 6.07) is 25.4. The fourth-order valence-electron chi connectivity index (χ4n) is 2.73. The Morgan fingerprint density at radius 2 is 1.12 bits per heavy atom. The smallest absolute Gasteiger partial charge is 0.449 e. The highest BCUT2D eigenvalue weighted by molar-refractivity contribution is 8.30. The number of carboxylic acid groups (broad SMARTS) is 1. The van der Waals surface area contributed by atoms with E-state index in [1.807, 2.05) is 92.7 Å². The van der Waals surface area contributed by atoms with E-state index < -0.39 is 16.5 Å². The molecule has 0 saturated carbocycles. The monoisotopic (exact) mass is 352 g/mol. The summed E-state index contributed by atoms with van der Waals surface area (Å²) in [5.74, 6) is 0. The van der Waals surface area contributed by atoms with Crippen LogP contribution in [-0.4, -0.2) is 11.3 Å². The maximum atomic E-state index is 11.7.